The number of fused-ring (bicyclic) bond motifs is 1. The summed E-state index contributed by atoms with van der Waals surface area (Å²) in [5, 5.41) is 0.999. The van der Waals surface area contributed by atoms with Crippen LogP contribution in [0.15, 0.2) is 77.8 Å². The van der Waals surface area contributed by atoms with E-state index in [0.29, 0.717) is 6.42 Å². The van der Waals surface area contributed by atoms with Gasteiger partial charge in [-0.05, 0) is 66.9 Å². The summed E-state index contributed by atoms with van der Waals surface area (Å²) in [6.45, 7) is 2.35. The highest BCUT2D eigenvalue weighted by atomic mass is 32.2. The van der Waals surface area contributed by atoms with Crippen LogP contribution in [0.2, 0.25) is 0 Å². The van der Waals surface area contributed by atoms with E-state index in [2.05, 4.69) is 4.98 Å². The van der Waals surface area contributed by atoms with Crippen LogP contribution in [0.3, 0.4) is 0 Å². The van der Waals surface area contributed by atoms with Crippen LogP contribution in [0.5, 0.6) is 5.75 Å². The lowest BCUT2D eigenvalue weighted by molar-refractivity contribution is 0.409. The van der Waals surface area contributed by atoms with E-state index in [1.165, 1.54) is 16.4 Å². The number of nitrogens with zero attached hydrogens (tertiary/aromatic N) is 1. The third kappa shape index (κ3) is 4.69. The lowest BCUT2D eigenvalue weighted by Gasteiger charge is -2.22. The molecule has 0 fully saturated rings. The summed E-state index contributed by atoms with van der Waals surface area (Å²) in [6.07, 6.45) is 2.41. The van der Waals surface area contributed by atoms with Gasteiger partial charge in [-0.15, -0.1) is 0 Å². The van der Waals surface area contributed by atoms with Gasteiger partial charge in [0.05, 0.1) is 12.0 Å². The fourth-order valence-electron chi connectivity index (χ4n) is 3.67. The number of nitrogens with one attached hydrogen (secondary N) is 1. The number of hydrogen-bond donors (Lipinski definition) is 1. The molecular weight excluding hydrogens is 427 g/mol. The van der Waals surface area contributed by atoms with Gasteiger partial charge in [0.25, 0.3) is 0 Å². The van der Waals surface area contributed by atoms with Gasteiger partial charge in [0, 0.05) is 30.2 Å². The number of benzene rings is 3. The lowest BCUT2D eigenvalue weighted by Crippen LogP contribution is -2.32. The molecule has 3 aromatic carbocycles. The Balaban J connectivity index is 1.64. The van der Waals surface area contributed by atoms with Crippen molar-refractivity contribution < 1.29 is 17.5 Å². The Hall–Kier alpha value is -3.16. The molecule has 0 radical (unpaired) electrons. The molecule has 0 atom stereocenters. The van der Waals surface area contributed by atoms with Crippen LogP contribution in [-0.2, 0) is 23.0 Å². The van der Waals surface area contributed by atoms with Crippen LogP contribution in [0, 0.1) is 12.7 Å². The maximum absolute atomic E-state index is 13.5. The van der Waals surface area contributed by atoms with Crippen molar-refractivity contribution in [2.75, 3.05) is 13.7 Å². The summed E-state index contributed by atoms with van der Waals surface area (Å²) in [5.74, 6) is 0.392. The average Bonchev–Trinajstić information content (AvgIpc) is 3.20. The van der Waals surface area contributed by atoms with Crippen molar-refractivity contribution in [3.63, 3.8) is 0 Å². The topological polar surface area (TPSA) is 62.4 Å². The molecule has 166 valence electrons. The maximum atomic E-state index is 13.5. The summed E-state index contributed by atoms with van der Waals surface area (Å²) in [6, 6.07) is 18.5. The number of aromatic nitrogens is 1. The van der Waals surface area contributed by atoms with Crippen molar-refractivity contribution in [3.05, 3.63) is 95.4 Å². The molecule has 1 N–H and O–H groups in total. The Labute approximate surface area is 187 Å². The highest BCUT2D eigenvalue weighted by Gasteiger charge is 2.25. The predicted octanol–water partition coefficient (Wildman–Crippen LogP) is 5.06. The number of rotatable bonds is 8. The molecule has 4 rings (SSSR count). The van der Waals surface area contributed by atoms with Crippen molar-refractivity contribution in [1.82, 2.24) is 9.29 Å². The minimum atomic E-state index is -3.74. The van der Waals surface area contributed by atoms with E-state index in [0.717, 1.165) is 33.3 Å². The van der Waals surface area contributed by atoms with Crippen molar-refractivity contribution >= 4 is 20.9 Å². The Morgan fingerprint density at radius 3 is 2.41 bits per heavy atom. The third-order valence-electron chi connectivity index (χ3n) is 5.54. The van der Waals surface area contributed by atoms with Crippen molar-refractivity contribution in [2.24, 2.45) is 0 Å². The first kappa shape index (κ1) is 22.0. The molecule has 1 aromatic heterocycles. The molecule has 1 heterocycles. The smallest absolute Gasteiger partial charge is 0.243 e. The summed E-state index contributed by atoms with van der Waals surface area (Å²) >= 11 is 0. The molecule has 0 aliphatic rings. The van der Waals surface area contributed by atoms with E-state index < -0.39 is 10.0 Å². The maximum Gasteiger partial charge on any atom is 0.243 e. The summed E-state index contributed by atoms with van der Waals surface area (Å²) < 4.78 is 47.1. The highest BCUT2D eigenvalue weighted by Crippen LogP contribution is 2.25. The van der Waals surface area contributed by atoms with Gasteiger partial charge in [-0.3, -0.25) is 0 Å². The molecule has 4 aromatic rings. The predicted molar refractivity (Wildman–Crippen MR) is 124 cm³/mol. The molecule has 0 aliphatic heterocycles. The zero-order valence-electron chi connectivity index (χ0n) is 18.0. The normalized spacial score (nSPS) is 11.9. The fraction of sp³-hybridized carbons (Fsp3) is 0.200. The average molecular weight is 453 g/mol. The largest absolute Gasteiger partial charge is 0.497 e. The number of hydrogen-bond acceptors (Lipinski definition) is 3. The molecular formula is C25H25FN2O3S. The minimum absolute atomic E-state index is 0.155. The van der Waals surface area contributed by atoms with Crippen LogP contribution >= 0.6 is 0 Å². The second-order valence-corrected chi connectivity index (χ2v) is 9.69. The molecule has 32 heavy (non-hydrogen) atoms. The number of halogens is 1. The number of sulfonamides is 1. The van der Waals surface area contributed by atoms with Gasteiger partial charge in [0.2, 0.25) is 10.0 Å². The Bertz CT molecular complexity index is 1310. The van der Waals surface area contributed by atoms with E-state index in [1.54, 1.807) is 43.5 Å². The van der Waals surface area contributed by atoms with Crippen LogP contribution < -0.4 is 4.74 Å². The zero-order chi connectivity index (χ0) is 22.7. The standard InChI is InChI=1S/C25H25FN2O3S/c1-18-3-10-23(11-4-18)32(29,30)28(17-19-5-7-21(26)8-6-19)14-13-20-16-27-25-12-9-22(31-2)15-24(20)25/h3-12,15-16,27H,13-14,17H2,1-2H3. The summed E-state index contributed by atoms with van der Waals surface area (Å²) in [7, 11) is -2.12. The van der Waals surface area contributed by atoms with Gasteiger partial charge < -0.3 is 9.72 Å². The van der Waals surface area contributed by atoms with Crippen molar-refractivity contribution in [2.45, 2.75) is 24.8 Å². The van der Waals surface area contributed by atoms with Gasteiger partial charge in [0.15, 0.2) is 0 Å². The Morgan fingerprint density at radius 1 is 1.00 bits per heavy atom. The van der Waals surface area contributed by atoms with Gasteiger partial charge in [-0.2, -0.15) is 4.31 Å². The number of ether oxygens (including phenoxy) is 1. The van der Waals surface area contributed by atoms with Crippen molar-refractivity contribution in [3.8, 4) is 5.75 Å². The molecule has 0 saturated carbocycles. The molecule has 0 spiro atoms. The number of H-pyrrole nitrogens is 1. The SMILES string of the molecule is COc1ccc2[nH]cc(CCN(Cc3ccc(F)cc3)S(=O)(=O)c3ccc(C)cc3)c2c1. The van der Waals surface area contributed by atoms with Crippen LogP contribution in [-0.4, -0.2) is 31.4 Å². The lowest BCUT2D eigenvalue weighted by atomic mass is 10.1. The van der Waals surface area contributed by atoms with Gasteiger partial charge >= 0.3 is 0 Å². The fourth-order valence-corrected chi connectivity index (χ4v) is 5.10. The van der Waals surface area contributed by atoms with Crippen LogP contribution in [0.1, 0.15) is 16.7 Å². The molecule has 0 unspecified atom stereocenters. The Morgan fingerprint density at radius 2 is 1.72 bits per heavy atom. The zero-order valence-corrected chi connectivity index (χ0v) is 18.8. The van der Waals surface area contributed by atoms with E-state index in [-0.39, 0.29) is 23.8 Å². The minimum Gasteiger partial charge on any atom is -0.497 e. The number of methoxy groups -OCH3 is 1. The van der Waals surface area contributed by atoms with Crippen molar-refractivity contribution in [1.29, 1.82) is 0 Å². The van der Waals surface area contributed by atoms with Gasteiger partial charge in [-0.25, -0.2) is 12.8 Å². The van der Waals surface area contributed by atoms with Gasteiger partial charge in [-0.1, -0.05) is 29.8 Å². The molecule has 0 aliphatic carbocycles. The first-order chi connectivity index (χ1) is 15.4. The molecule has 0 bridgehead atoms. The number of aryl methyl sites for hydroxylation is 1. The van der Waals surface area contributed by atoms with E-state index in [9.17, 15) is 12.8 Å². The molecule has 5 nitrogen and oxygen atoms in total. The Kier molecular flexibility index (Phi) is 6.30. The third-order valence-corrected chi connectivity index (χ3v) is 7.40. The van der Waals surface area contributed by atoms with E-state index in [1.807, 2.05) is 31.3 Å². The highest BCUT2D eigenvalue weighted by molar-refractivity contribution is 7.89. The van der Waals surface area contributed by atoms with Crippen LogP contribution in [0.4, 0.5) is 4.39 Å². The van der Waals surface area contributed by atoms with E-state index >= 15 is 0 Å². The molecule has 0 amide bonds. The van der Waals surface area contributed by atoms with Crippen LogP contribution in [0.25, 0.3) is 10.9 Å². The number of aromatic amines is 1. The summed E-state index contributed by atoms with van der Waals surface area (Å²) in [4.78, 5) is 3.47. The van der Waals surface area contributed by atoms with E-state index in [4.69, 9.17) is 4.74 Å². The first-order valence-corrected chi connectivity index (χ1v) is 11.8. The van der Waals surface area contributed by atoms with Gasteiger partial charge in [0.1, 0.15) is 11.6 Å². The first-order valence-electron chi connectivity index (χ1n) is 10.3. The second-order valence-electron chi connectivity index (χ2n) is 7.75. The monoisotopic (exact) mass is 452 g/mol. The molecule has 0 saturated heterocycles. The second kappa shape index (κ2) is 9.14. The quantitative estimate of drug-likeness (QED) is 0.407. The summed E-state index contributed by atoms with van der Waals surface area (Å²) in [5.41, 5.74) is 3.68. The molecule has 7 heteroatoms.